The normalized spacial score (nSPS) is 17.2. The third-order valence-corrected chi connectivity index (χ3v) is 4.41. The molecule has 1 fully saturated rings. The third kappa shape index (κ3) is 3.85. The molecule has 0 aromatic carbocycles. The predicted octanol–water partition coefficient (Wildman–Crippen LogP) is 1.42. The van der Waals surface area contributed by atoms with E-state index in [-0.39, 0.29) is 5.91 Å². The number of nitrogens with zero attached hydrogens (tertiary/aromatic N) is 4. The number of hydrogen-bond acceptors (Lipinski definition) is 7. The summed E-state index contributed by atoms with van der Waals surface area (Å²) >= 11 is 0. The van der Waals surface area contributed by atoms with Crippen LogP contribution in [0.2, 0.25) is 0 Å². The Morgan fingerprint density at radius 2 is 2.08 bits per heavy atom. The van der Waals surface area contributed by atoms with Crippen LogP contribution < -0.4 is 5.32 Å². The first kappa shape index (κ1) is 17.5. The molecule has 0 unspecified atom stereocenters. The van der Waals surface area contributed by atoms with E-state index < -0.39 is 11.6 Å². The highest BCUT2D eigenvalue weighted by molar-refractivity contribution is 5.85. The Hall–Kier alpha value is -2.32. The van der Waals surface area contributed by atoms with Crippen molar-refractivity contribution in [1.29, 1.82) is 0 Å². The number of hydrogen-bond donors (Lipinski definition) is 1. The van der Waals surface area contributed by atoms with Gasteiger partial charge in [0.15, 0.2) is 0 Å². The Morgan fingerprint density at radius 3 is 2.76 bits per heavy atom. The van der Waals surface area contributed by atoms with Crippen LogP contribution in [0.3, 0.4) is 0 Å². The van der Waals surface area contributed by atoms with Gasteiger partial charge in [-0.3, -0.25) is 14.7 Å². The minimum absolute atomic E-state index is 0.0838. The number of rotatable bonds is 5. The van der Waals surface area contributed by atoms with Crippen molar-refractivity contribution in [1.82, 2.24) is 25.3 Å². The van der Waals surface area contributed by atoms with Gasteiger partial charge in [0.05, 0.1) is 18.8 Å². The summed E-state index contributed by atoms with van der Waals surface area (Å²) in [7, 11) is 0. The quantitative estimate of drug-likeness (QED) is 0.876. The first-order chi connectivity index (χ1) is 12.0. The van der Waals surface area contributed by atoms with Gasteiger partial charge in [-0.15, -0.1) is 0 Å². The second kappa shape index (κ2) is 7.28. The molecule has 3 rings (SSSR count). The minimum atomic E-state index is -0.637. The fourth-order valence-corrected chi connectivity index (χ4v) is 2.71. The molecule has 0 spiro atoms. The summed E-state index contributed by atoms with van der Waals surface area (Å²) < 4.78 is 10.6. The highest BCUT2D eigenvalue weighted by Gasteiger charge is 2.36. The molecule has 1 aliphatic rings. The van der Waals surface area contributed by atoms with E-state index in [1.54, 1.807) is 12.3 Å². The zero-order chi connectivity index (χ0) is 17.9. The highest BCUT2D eigenvalue weighted by Crippen LogP contribution is 2.20. The molecule has 2 aromatic heterocycles. The number of aromatic nitrogens is 3. The third-order valence-electron chi connectivity index (χ3n) is 4.41. The maximum atomic E-state index is 12.7. The molecule has 1 saturated heterocycles. The molecule has 2 aromatic rings. The first-order valence-electron chi connectivity index (χ1n) is 8.37. The Kier molecular flexibility index (Phi) is 5.10. The summed E-state index contributed by atoms with van der Waals surface area (Å²) in [5, 5.41) is 6.90. The van der Waals surface area contributed by atoms with Crippen LogP contribution >= 0.6 is 0 Å². The number of carbonyl (C=O) groups is 1. The maximum absolute atomic E-state index is 12.7. The minimum Gasteiger partial charge on any atom is -0.379 e. The van der Waals surface area contributed by atoms with Gasteiger partial charge < -0.3 is 14.6 Å². The molecule has 1 atom stereocenters. The van der Waals surface area contributed by atoms with E-state index in [2.05, 4.69) is 25.3 Å². The zero-order valence-electron chi connectivity index (χ0n) is 14.7. The number of nitrogens with one attached hydrogen (secondary N) is 1. The smallest absolute Gasteiger partial charge is 0.249 e. The van der Waals surface area contributed by atoms with Crippen molar-refractivity contribution in [2.75, 3.05) is 26.3 Å². The van der Waals surface area contributed by atoms with Gasteiger partial charge >= 0.3 is 0 Å². The lowest BCUT2D eigenvalue weighted by Gasteiger charge is -2.39. The monoisotopic (exact) mass is 345 g/mol. The lowest BCUT2D eigenvalue weighted by molar-refractivity contribution is -0.135. The van der Waals surface area contributed by atoms with Crippen LogP contribution in [0.5, 0.6) is 0 Å². The summed E-state index contributed by atoms with van der Waals surface area (Å²) in [4.78, 5) is 23.4. The zero-order valence-corrected chi connectivity index (χ0v) is 14.7. The second-order valence-electron chi connectivity index (χ2n) is 6.52. The summed E-state index contributed by atoms with van der Waals surface area (Å²) in [6.07, 6.45) is 1.67. The van der Waals surface area contributed by atoms with E-state index in [4.69, 9.17) is 9.26 Å². The molecule has 1 N–H and O–H groups in total. The number of morpholine rings is 1. The lowest BCUT2D eigenvalue weighted by Crippen LogP contribution is -2.58. The first-order valence-corrected chi connectivity index (χ1v) is 8.37. The molecule has 3 heterocycles. The Morgan fingerprint density at radius 1 is 1.32 bits per heavy atom. The number of amides is 1. The van der Waals surface area contributed by atoms with E-state index in [1.165, 1.54) is 0 Å². The van der Waals surface area contributed by atoms with Gasteiger partial charge in [0.25, 0.3) is 0 Å². The van der Waals surface area contributed by atoms with Gasteiger partial charge in [-0.1, -0.05) is 11.2 Å². The predicted molar refractivity (Wildman–Crippen MR) is 90.6 cm³/mol. The van der Waals surface area contributed by atoms with Gasteiger partial charge in [-0.25, -0.2) is 0 Å². The van der Waals surface area contributed by atoms with Crippen molar-refractivity contribution in [3.63, 3.8) is 0 Å². The fraction of sp³-hybridized carbons (Fsp3) is 0.529. The SMILES string of the molecule is C[C@@H](NC(=O)C(C)(C)N1CCOCC1)c1nc(-c2ccccn2)no1. The topological polar surface area (TPSA) is 93.4 Å². The summed E-state index contributed by atoms with van der Waals surface area (Å²) in [5.41, 5.74) is -0.00770. The standard InChI is InChI=1S/C17H23N5O3/c1-12(15-20-14(21-25-15)13-6-4-5-7-18-13)19-16(23)17(2,3)22-8-10-24-11-9-22/h4-7,12H,8-11H2,1-3H3,(H,19,23)/t12-/m1/s1. The highest BCUT2D eigenvalue weighted by atomic mass is 16.5. The summed E-state index contributed by atoms with van der Waals surface area (Å²) in [5.74, 6) is 0.676. The van der Waals surface area contributed by atoms with E-state index in [1.807, 2.05) is 32.9 Å². The molecule has 25 heavy (non-hydrogen) atoms. The van der Waals surface area contributed by atoms with Crippen molar-refractivity contribution in [2.24, 2.45) is 0 Å². The number of pyridine rings is 1. The van der Waals surface area contributed by atoms with Crippen molar-refractivity contribution >= 4 is 5.91 Å². The Balaban J connectivity index is 1.66. The van der Waals surface area contributed by atoms with Crippen LogP contribution in [0, 0.1) is 0 Å². The van der Waals surface area contributed by atoms with Crippen molar-refractivity contribution in [3.05, 3.63) is 30.3 Å². The molecular weight excluding hydrogens is 322 g/mol. The summed E-state index contributed by atoms with van der Waals surface area (Å²) in [6.45, 7) is 8.40. The van der Waals surface area contributed by atoms with Crippen molar-refractivity contribution in [2.45, 2.75) is 32.4 Å². The molecule has 0 bridgehead atoms. The van der Waals surface area contributed by atoms with E-state index in [0.717, 1.165) is 13.1 Å². The van der Waals surface area contributed by atoms with Crippen molar-refractivity contribution in [3.8, 4) is 11.5 Å². The number of carbonyl (C=O) groups excluding carboxylic acids is 1. The summed E-state index contributed by atoms with van der Waals surface area (Å²) in [6, 6.07) is 5.09. The molecule has 8 heteroatoms. The van der Waals surface area contributed by atoms with Crippen LogP contribution in [-0.4, -0.2) is 57.8 Å². The molecule has 1 aliphatic heterocycles. The van der Waals surface area contributed by atoms with Gasteiger partial charge in [0, 0.05) is 19.3 Å². The van der Waals surface area contributed by atoms with Crippen LogP contribution in [0.4, 0.5) is 0 Å². The van der Waals surface area contributed by atoms with Gasteiger partial charge in [-0.2, -0.15) is 4.98 Å². The van der Waals surface area contributed by atoms with Crippen LogP contribution in [0.1, 0.15) is 32.7 Å². The van der Waals surface area contributed by atoms with E-state index >= 15 is 0 Å². The van der Waals surface area contributed by atoms with Crippen molar-refractivity contribution < 1.29 is 14.1 Å². The van der Waals surface area contributed by atoms with Gasteiger partial charge in [0.1, 0.15) is 11.7 Å². The largest absolute Gasteiger partial charge is 0.379 e. The molecule has 134 valence electrons. The second-order valence-corrected chi connectivity index (χ2v) is 6.52. The Labute approximate surface area is 146 Å². The fourth-order valence-electron chi connectivity index (χ4n) is 2.71. The molecule has 8 nitrogen and oxygen atoms in total. The van der Waals surface area contributed by atoms with Crippen LogP contribution in [-0.2, 0) is 9.53 Å². The van der Waals surface area contributed by atoms with E-state index in [0.29, 0.717) is 30.6 Å². The molecule has 0 aliphatic carbocycles. The van der Waals surface area contributed by atoms with Gasteiger partial charge in [0.2, 0.25) is 17.6 Å². The average Bonchev–Trinajstić information content (AvgIpc) is 3.13. The van der Waals surface area contributed by atoms with Crippen LogP contribution in [0.15, 0.2) is 28.9 Å². The Bertz CT molecular complexity index is 710. The molecule has 1 amide bonds. The molecular formula is C17H23N5O3. The lowest BCUT2D eigenvalue weighted by atomic mass is 10.0. The maximum Gasteiger partial charge on any atom is 0.249 e. The molecule has 0 radical (unpaired) electrons. The van der Waals surface area contributed by atoms with Gasteiger partial charge in [-0.05, 0) is 32.9 Å². The van der Waals surface area contributed by atoms with Crippen LogP contribution in [0.25, 0.3) is 11.5 Å². The molecule has 0 saturated carbocycles. The van der Waals surface area contributed by atoms with E-state index in [9.17, 15) is 4.79 Å². The number of ether oxygens (including phenoxy) is 1. The average molecular weight is 345 g/mol.